The zero-order valence-corrected chi connectivity index (χ0v) is 11.5. The predicted molar refractivity (Wildman–Crippen MR) is 72.7 cm³/mol. The van der Waals surface area contributed by atoms with E-state index in [1.807, 2.05) is 13.8 Å². The Balaban J connectivity index is 1.72. The van der Waals surface area contributed by atoms with Crippen molar-refractivity contribution in [1.82, 2.24) is 5.32 Å². The van der Waals surface area contributed by atoms with Crippen molar-refractivity contribution in [2.24, 2.45) is 0 Å². The summed E-state index contributed by atoms with van der Waals surface area (Å²) in [7, 11) is 0. The highest BCUT2D eigenvalue weighted by atomic mass is 16.7. The van der Waals surface area contributed by atoms with E-state index in [0.717, 1.165) is 26.2 Å². The van der Waals surface area contributed by atoms with Gasteiger partial charge in [0.1, 0.15) is 0 Å². The van der Waals surface area contributed by atoms with Gasteiger partial charge in [-0.1, -0.05) is 24.3 Å². The van der Waals surface area contributed by atoms with E-state index in [4.69, 9.17) is 9.47 Å². The summed E-state index contributed by atoms with van der Waals surface area (Å²) in [6.07, 6.45) is 1.05. The molecular formula is C15H23NO2. The van der Waals surface area contributed by atoms with Crippen molar-refractivity contribution >= 4 is 0 Å². The minimum Gasteiger partial charge on any atom is -0.349 e. The van der Waals surface area contributed by atoms with Crippen molar-refractivity contribution in [2.45, 2.75) is 39.0 Å². The van der Waals surface area contributed by atoms with Gasteiger partial charge in [-0.3, -0.25) is 0 Å². The smallest absolute Gasteiger partial charge is 0.162 e. The molecule has 0 spiro atoms. The maximum absolute atomic E-state index is 5.62. The molecular weight excluding hydrogens is 226 g/mol. The topological polar surface area (TPSA) is 30.5 Å². The molecule has 0 atom stereocenters. The van der Waals surface area contributed by atoms with E-state index < -0.39 is 5.79 Å². The Morgan fingerprint density at radius 2 is 1.89 bits per heavy atom. The van der Waals surface area contributed by atoms with Gasteiger partial charge >= 0.3 is 0 Å². The lowest BCUT2D eigenvalue weighted by molar-refractivity contribution is -0.252. The van der Waals surface area contributed by atoms with Gasteiger partial charge in [0, 0.05) is 0 Å². The highest BCUT2D eigenvalue weighted by Gasteiger charge is 2.27. The standard InChI is InChI=1S/C15H23NO2/c1-12-6-4-5-7-13(12)8-9-16-14-10-17-15(2,3)18-11-14/h4-7,14,16H,8-11H2,1-3H3. The number of hydrogen-bond acceptors (Lipinski definition) is 3. The summed E-state index contributed by atoms with van der Waals surface area (Å²) in [5, 5.41) is 3.49. The van der Waals surface area contributed by atoms with Gasteiger partial charge in [0.2, 0.25) is 0 Å². The predicted octanol–water partition coefficient (Wildman–Crippen LogP) is 2.28. The number of benzene rings is 1. The van der Waals surface area contributed by atoms with E-state index in [1.54, 1.807) is 0 Å². The summed E-state index contributed by atoms with van der Waals surface area (Å²) in [5.41, 5.74) is 2.76. The van der Waals surface area contributed by atoms with Crippen LogP contribution in [-0.2, 0) is 15.9 Å². The molecule has 18 heavy (non-hydrogen) atoms. The van der Waals surface area contributed by atoms with E-state index in [9.17, 15) is 0 Å². The average molecular weight is 249 g/mol. The molecule has 1 fully saturated rings. The fourth-order valence-electron chi connectivity index (χ4n) is 2.11. The molecule has 3 nitrogen and oxygen atoms in total. The van der Waals surface area contributed by atoms with Gasteiger partial charge in [0.05, 0.1) is 19.3 Å². The summed E-state index contributed by atoms with van der Waals surface area (Å²) in [5.74, 6) is -0.422. The minimum absolute atomic E-state index is 0.307. The number of rotatable bonds is 4. The van der Waals surface area contributed by atoms with E-state index in [-0.39, 0.29) is 0 Å². The second-order valence-corrected chi connectivity index (χ2v) is 5.35. The summed E-state index contributed by atoms with van der Waals surface area (Å²) < 4.78 is 11.2. The Labute approximate surface area is 109 Å². The van der Waals surface area contributed by atoms with Gasteiger partial charge in [0.25, 0.3) is 0 Å². The van der Waals surface area contributed by atoms with E-state index >= 15 is 0 Å². The molecule has 1 saturated heterocycles. The van der Waals surface area contributed by atoms with Gasteiger partial charge in [-0.2, -0.15) is 0 Å². The van der Waals surface area contributed by atoms with Crippen LogP contribution in [0, 0.1) is 6.92 Å². The van der Waals surface area contributed by atoms with Crippen LogP contribution >= 0.6 is 0 Å². The highest BCUT2D eigenvalue weighted by molar-refractivity contribution is 5.25. The number of nitrogens with one attached hydrogen (secondary N) is 1. The maximum Gasteiger partial charge on any atom is 0.162 e. The molecule has 1 aliphatic rings. The zero-order valence-electron chi connectivity index (χ0n) is 11.5. The normalized spacial score (nSPS) is 19.9. The Hall–Kier alpha value is -0.900. The van der Waals surface area contributed by atoms with Crippen LogP contribution in [0.15, 0.2) is 24.3 Å². The zero-order chi connectivity index (χ0) is 13.0. The molecule has 2 rings (SSSR count). The first-order valence-corrected chi connectivity index (χ1v) is 6.63. The Kier molecular flexibility index (Phi) is 4.38. The van der Waals surface area contributed by atoms with Gasteiger partial charge in [-0.25, -0.2) is 0 Å². The van der Waals surface area contributed by atoms with Crippen molar-refractivity contribution in [3.63, 3.8) is 0 Å². The van der Waals surface area contributed by atoms with Crippen molar-refractivity contribution in [3.05, 3.63) is 35.4 Å². The third kappa shape index (κ3) is 3.80. The van der Waals surface area contributed by atoms with Crippen LogP contribution in [-0.4, -0.2) is 31.6 Å². The van der Waals surface area contributed by atoms with Crippen LogP contribution in [0.2, 0.25) is 0 Å². The van der Waals surface area contributed by atoms with E-state index in [1.165, 1.54) is 11.1 Å². The molecule has 1 aromatic rings. The summed E-state index contributed by atoms with van der Waals surface area (Å²) in [4.78, 5) is 0. The lowest BCUT2D eigenvalue weighted by Gasteiger charge is -2.35. The first-order chi connectivity index (χ1) is 8.57. The summed E-state index contributed by atoms with van der Waals surface area (Å²) in [6.45, 7) is 8.47. The van der Waals surface area contributed by atoms with Crippen LogP contribution in [0.4, 0.5) is 0 Å². The first kappa shape index (κ1) is 13.5. The summed E-state index contributed by atoms with van der Waals surface area (Å²) >= 11 is 0. The van der Waals surface area contributed by atoms with Crippen LogP contribution < -0.4 is 5.32 Å². The second kappa shape index (κ2) is 5.83. The second-order valence-electron chi connectivity index (χ2n) is 5.35. The van der Waals surface area contributed by atoms with Crippen molar-refractivity contribution in [3.8, 4) is 0 Å². The molecule has 1 aliphatic heterocycles. The molecule has 0 bridgehead atoms. The molecule has 0 unspecified atom stereocenters. The van der Waals surface area contributed by atoms with Crippen molar-refractivity contribution in [2.75, 3.05) is 19.8 Å². The molecule has 100 valence electrons. The van der Waals surface area contributed by atoms with Gasteiger partial charge in [0.15, 0.2) is 5.79 Å². The van der Waals surface area contributed by atoms with E-state index in [2.05, 4.69) is 36.5 Å². The number of ether oxygens (including phenoxy) is 2. The Morgan fingerprint density at radius 1 is 1.22 bits per heavy atom. The average Bonchev–Trinajstić information content (AvgIpc) is 2.34. The van der Waals surface area contributed by atoms with Gasteiger partial charge in [-0.05, 0) is 44.9 Å². The van der Waals surface area contributed by atoms with Gasteiger partial charge in [-0.15, -0.1) is 0 Å². The quantitative estimate of drug-likeness (QED) is 0.888. The Bertz CT molecular complexity index is 380. The Morgan fingerprint density at radius 3 is 2.56 bits per heavy atom. The highest BCUT2D eigenvalue weighted by Crippen LogP contribution is 2.16. The molecule has 1 N–H and O–H groups in total. The van der Waals surface area contributed by atoms with Crippen LogP contribution in [0.25, 0.3) is 0 Å². The number of aryl methyl sites for hydroxylation is 1. The molecule has 0 aliphatic carbocycles. The third-order valence-electron chi connectivity index (χ3n) is 3.35. The molecule has 1 aromatic carbocycles. The molecule has 1 heterocycles. The minimum atomic E-state index is -0.422. The molecule has 0 amide bonds. The van der Waals surface area contributed by atoms with Gasteiger partial charge < -0.3 is 14.8 Å². The fourth-order valence-corrected chi connectivity index (χ4v) is 2.11. The lowest BCUT2D eigenvalue weighted by atomic mass is 10.1. The summed E-state index contributed by atoms with van der Waals surface area (Å²) in [6, 6.07) is 8.83. The lowest BCUT2D eigenvalue weighted by Crippen LogP contribution is -2.48. The van der Waals surface area contributed by atoms with E-state index in [0.29, 0.717) is 6.04 Å². The third-order valence-corrected chi connectivity index (χ3v) is 3.35. The maximum atomic E-state index is 5.62. The van der Waals surface area contributed by atoms with Crippen LogP contribution in [0.1, 0.15) is 25.0 Å². The first-order valence-electron chi connectivity index (χ1n) is 6.63. The fraction of sp³-hybridized carbons (Fsp3) is 0.600. The monoisotopic (exact) mass is 249 g/mol. The molecule has 0 saturated carbocycles. The SMILES string of the molecule is Cc1ccccc1CCNC1COC(C)(C)OC1. The molecule has 0 aromatic heterocycles. The van der Waals surface area contributed by atoms with Crippen LogP contribution in [0.5, 0.6) is 0 Å². The van der Waals surface area contributed by atoms with Crippen LogP contribution in [0.3, 0.4) is 0 Å². The van der Waals surface area contributed by atoms with Crippen molar-refractivity contribution < 1.29 is 9.47 Å². The van der Waals surface area contributed by atoms with Crippen molar-refractivity contribution in [1.29, 1.82) is 0 Å². The largest absolute Gasteiger partial charge is 0.349 e. The number of hydrogen-bond donors (Lipinski definition) is 1. The molecule has 3 heteroatoms. The molecule has 0 radical (unpaired) electrons.